The van der Waals surface area contributed by atoms with Gasteiger partial charge in [-0.15, -0.1) is 0 Å². The van der Waals surface area contributed by atoms with Gasteiger partial charge in [0, 0.05) is 31.1 Å². The first kappa shape index (κ1) is 13.3. The molecule has 1 aromatic carbocycles. The smallest absolute Gasteiger partial charge is 0.308 e. The van der Waals surface area contributed by atoms with Crippen LogP contribution >= 0.6 is 0 Å². The Hall–Kier alpha value is -2.70. The number of carboxylic acid groups (broad SMARTS) is 1. The van der Waals surface area contributed by atoms with E-state index < -0.39 is 11.9 Å². The first-order valence-corrected chi connectivity index (χ1v) is 6.48. The summed E-state index contributed by atoms with van der Waals surface area (Å²) in [4.78, 5) is 28.6. The normalized spacial score (nSPS) is 18.2. The van der Waals surface area contributed by atoms with E-state index in [4.69, 9.17) is 9.63 Å². The Morgan fingerprint density at radius 2 is 2.29 bits per heavy atom. The van der Waals surface area contributed by atoms with E-state index in [9.17, 15) is 9.59 Å². The number of carboxylic acids is 1. The number of hydrogen-bond acceptors (Lipinski definition) is 5. The Morgan fingerprint density at radius 1 is 1.48 bits per heavy atom. The number of hydrogen-bond donors (Lipinski definition) is 1. The van der Waals surface area contributed by atoms with E-state index in [2.05, 4.69) is 10.1 Å². The molecule has 108 valence electrons. The number of amides is 1. The summed E-state index contributed by atoms with van der Waals surface area (Å²) in [7, 11) is 0. The minimum atomic E-state index is -0.948. The predicted octanol–water partition coefficient (Wildman–Crippen LogP) is 1.48. The summed E-state index contributed by atoms with van der Waals surface area (Å²) in [5, 5.41) is 12.9. The van der Waals surface area contributed by atoms with E-state index >= 15 is 0 Å². The van der Waals surface area contributed by atoms with Gasteiger partial charge in [0.25, 0.3) is 0 Å². The van der Waals surface area contributed by atoms with Gasteiger partial charge in [-0.1, -0.05) is 17.3 Å². The van der Waals surface area contributed by atoms with Crippen LogP contribution in [0.25, 0.3) is 11.4 Å². The molecule has 1 aliphatic heterocycles. The lowest BCUT2D eigenvalue weighted by molar-refractivity contribution is -0.141. The van der Waals surface area contributed by atoms with Crippen LogP contribution < -0.4 is 4.90 Å². The first-order chi connectivity index (χ1) is 10.0. The summed E-state index contributed by atoms with van der Waals surface area (Å²) in [6, 6.07) is 7.10. The van der Waals surface area contributed by atoms with Crippen molar-refractivity contribution in [1.29, 1.82) is 0 Å². The molecule has 1 atom stereocenters. The average molecular weight is 287 g/mol. The van der Waals surface area contributed by atoms with Crippen LogP contribution in [0.2, 0.25) is 0 Å². The molecular formula is C14H13N3O4. The van der Waals surface area contributed by atoms with Crippen LogP contribution in [-0.2, 0) is 9.59 Å². The molecule has 3 rings (SSSR count). The number of benzene rings is 1. The quantitative estimate of drug-likeness (QED) is 0.918. The third kappa shape index (κ3) is 2.49. The summed E-state index contributed by atoms with van der Waals surface area (Å²) < 4.78 is 4.93. The number of rotatable bonds is 3. The van der Waals surface area contributed by atoms with Crippen LogP contribution in [0, 0.1) is 12.8 Å². The lowest BCUT2D eigenvalue weighted by atomic mass is 10.1. The Bertz CT molecular complexity index is 710. The zero-order chi connectivity index (χ0) is 15.0. The standard InChI is InChI=1S/C14H13N3O4/c1-8-15-13(16-21-8)9-3-2-4-11(5-9)17-7-10(14(19)20)6-12(17)18/h2-5,10H,6-7H2,1H3,(H,19,20). The second kappa shape index (κ2) is 5.01. The van der Waals surface area contributed by atoms with Crippen LogP contribution in [0.15, 0.2) is 28.8 Å². The van der Waals surface area contributed by atoms with Gasteiger partial charge in [-0.25, -0.2) is 0 Å². The summed E-state index contributed by atoms with van der Waals surface area (Å²) in [6.07, 6.45) is 0.0287. The van der Waals surface area contributed by atoms with Crippen molar-refractivity contribution in [2.45, 2.75) is 13.3 Å². The maximum absolute atomic E-state index is 12.0. The third-order valence-electron chi connectivity index (χ3n) is 3.42. The van der Waals surface area contributed by atoms with E-state index in [0.29, 0.717) is 17.4 Å². The van der Waals surface area contributed by atoms with Crippen molar-refractivity contribution in [1.82, 2.24) is 10.1 Å². The number of aryl methyl sites for hydroxylation is 1. The summed E-state index contributed by atoms with van der Waals surface area (Å²) in [5.74, 6) is -0.900. The minimum absolute atomic E-state index is 0.0287. The lowest BCUT2D eigenvalue weighted by Crippen LogP contribution is -2.25. The number of carbonyl (C=O) groups excluding carboxylic acids is 1. The zero-order valence-electron chi connectivity index (χ0n) is 11.3. The number of anilines is 1. The molecule has 0 saturated carbocycles. The van der Waals surface area contributed by atoms with E-state index in [1.165, 1.54) is 4.90 Å². The molecule has 0 bridgehead atoms. The fourth-order valence-electron chi connectivity index (χ4n) is 2.35. The maximum Gasteiger partial charge on any atom is 0.308 e. The molecule has 7 nitrogen and oxygen atoms in total. The molecule has 1 N–H and O–H groups in total. The summed E-state index contributed by atoms with van der Waals surface area (Å²) in [5.41, 5.74) is 1.36. The second-order valence-electron chi connectivity index (χ2n) is 4.93. The topological polar surface area (TPSA) is 96.5 Å². The number of aromatic nitrogens is 2. The van der Waals surface area contributed by atoms with Gasteiger partial charge in [-0.3, -0.25) is 9.59 Å². The van der Waals surface area contributed by atoms with Crippen LogP contribution in [0.5, 0.6) is 0 Å². The van der Waals surface area contributed by atoms with E-state index in [0.717, 1.165) is 5.56 Å². The van der Waals surface area contributed by atoms with Crippen molar-refractivity contribution in [3.63, 3.8) is 0 Å². The average Bonchev–Trinajstić information content (AvgIpc) is 3.05. The largest absolute Gasteiger partial charge is 0.481 e. The van der Waals surface area contributed by atoms with Crippen molar-refractivity contribution in [2.75, 3.05) is 11.4 Å². The Balaban J connectivity index is 1.90. The minimum Gasteiger partial charge on any atom is -0.481 e. The van der Waals surface area contributed by atoms with E-state index in [1.807, 2.05) is 6.07 Å². The highest BCUT2D eigenvalue weighted by molar-refractivity contribution is 5.99. The molecule has 7 heteroatoms. The lowest BCUT2D eigenvalue weighted by Gasteiger charge is -2.16. The van der Waals surface area contributed by atoms with Crippen LogP contribution in [-0.4, -0.2) is 33.7 Å². The molecule has 0 radical (unpaired) electrons. The van der Waals surface area contributed by atoms with Gasteiger partial charge in [0.15, 0.2) is 0 Å². The fraction of sp³-hybridized carbons (Fsp3) is 0.286. The van der Waals surface area contributed by atoms with Gasteiger partial charge in [0.05, 0.1) is 5.92 Å². The molecule has 1 saturated heterocycles. The van der Waals surface area contributed by atoms with Gasteiger partial charge in [0.2, 0.25) is 17.6 Å². The highest BCUT2D eigenvalue weighted by Gasteiger charge is 2.35. The summed E-state index contributed by atoms with van der Waals surface area (Å²) in [6.45, 7) is 1.88. The monoisotopic (exact) mass is 287 g/mol. The molecule has 0 aliphatic carbocycles. The molecule has 0 spiro atoms. The van der Waals surface area contributed by atoms with Crippen molar-refractivity contribution >= 4 is 17.6 Å². The molecule has 2 heterocycles. The van der Waals surface area contributed by atoms with Gasteiger partial charge in [0.1, 0.15) is 0 Å². The second-order valence-corrected chi connectivity index (χ2v) is 4.93. The molecule has 1 aliphatic rings. The van der Waals surface area contributed by atoms with Gasteiger partial charge in [-0.05, 0) is 12.1 Å². The Kier molecular flexibility index (Phi) is 3.17. The Labute approximate surface area is 120 Å². The van der Waals surface area contributed by atoms with E-state index in [1.54, 1.807) is 25.1 Å². The van der Waals surface area contributed by atoms with Gasteiger partial charge in [-0.2, -0.15) is 4.98 Å². The highest BCUT2D eigenvalue weighted by Crippen LogP contribution is 2.28. The Morgan fingerprint density at radius 3 is 2.90 bits per heavy atom. The van der Waals surface area contributed by atoms with Crippen molar-refractivity contribution in [3.8, 4) is 11.4 Å². The number of aliphatic carboxylic acids is 1. The van der Waals surface area contributed by atoms with Crippen molar-refractivity contribution < 1.29 is 19.2 Å². The number of carbonyl (C=O) groups is 2. The van der Waals surface area contributed by atoms with Crippen molar-refractivity contribution in [3.05, 3.63) is 30.2 Å². The van der Waals surface area contributed by atoms with Crippen LogP contribution in [0.4, 0.5) is 5.69 Å². The van der Waals surface area contributed by atoms with Crippen LogP contribution in [0.1, 0.15) is 12.3 Å². The first-order valence-electron chi connectivity index (χ1n) is 6.48. The molecule has 1 aromatic heterocycles. The third-order valence-corrected chi connectivity index (χ3v) is 3.42. The number of nitrogens with zero attached hydrogens (tertiary/aromatic N) is 3. The van der Waals surface area contributed by atoms with Crippen molar-refractivity contribution in [2.24, 2.45) is 5.92 Å². The zero-order valence-corrected chi connectivity index (χ0v) is 11.3. The van der Waals surface area contributed by atoms with E-state index in [-0.39, 0.29) is 18.9 Å². The van der Waals surface area contributed by atoms with Gasteiger partial charge >= 0.3 is 5.97 Å². The molecular weight excluding hydrogens is 274 g/mol. The molecule has 1 unspecified atom stereocenters. The molecule has 1 amide bonds. The molecule has 2 aromatic rings. The van der Waals surface area contributed by atoms with Gasteiger partial charge < -0.3 is 14.5 Å². The molecule has 1 fully saturated rings. The fourth-order valence-corrected chi connectivity index (χ4v) is 2.35. The highest BCUT2D eigenvalue weighted by atomic mass is 16.5. The maximum atomic E-state index is 12.0. The van der Waals surface area contributed by atoms with Crippen LogP contribution in [0.3, 0.4) is 0 Å². The summed E-state index contributed by atoms with van der Waals surface area (Å²) >= 11 is 0. The predicted molar refractivity (Wildman–Crippen MR) is 72.6 cm³/mol. The SMILES string of the molecule is Cc1nc(-c2cccc(N3CC(C(=O)O)CC3=O)c2)no1. The molecule has 21 heavy (non-hydrogen) atoms.